The normalized spacial score (nSPS) is 17.7. The van der Waals surface area contributed by atoms with Gasteiger partial charge in [0.15, 0.2) is 5.82 Å². The van der Waals surface area contributed by atoms with E-state index in [1.165, 1.54) is 22.7 Å². The SMILES string of the molecule is CS(=O)(=O)N1CCCC1c1noc(CCC(=O)NCCc2ccc(F)cc2)n1. The Hall–Kier alpha value is -2.33. The number of halogens is 1. The van der Waals surface area contributed by atoms with E-state index in [-0.39, 0.29) is 24.6 Å². The number of nitrogens with zero attached hydrogens (tertiary/aromatic N) is 3. The van der Waals surface area contributed by atoms with Gasteiger partial charge in [0.05, 0.1) is 12.3 Å². The number of aromatic nitrogens is 2. The lowest BCUT2D eigenvalue weighted by molar-refractivity contribution is -0.121. The van der Waals surface area contributed by atoms with Crippen LogP contribution in [-0.2, 0) is 27.7 Å². The molecule has 1 atom stereocenters. The Balaban J connectivity index is 1.45. The van der Waals surface area contributed by atoms with E-state index in [9.17, 15) is 17.6 Å². The third kappa shape index (κ3) is 5.35. The highest BCUT2D eigenvalue weighted by Crippen LogP contribution is 2.32. The summed E-state index contributed by atoms with van der Waals surface area (Å²) in [5, 5.41) is 6.69. The third-order valence-electron chi connectivity index (χ3n) is 4.63. The van der Waals surface area contributed by atoms with Crippen LogP contribution in [0, 0.1) is 5.82 Å². The number of carbonyl (C=O) groups is 1. The van der Waals surface area contributed by atoms with Crippen LogP contribution in [0.1, 0.15) is 42.6 Å². The van der Waals surface area contributed by atoms with E-state index in [0.29, 0.717) is 37.6 Å². The monoisotopic (exact) mass is 410 g/mol. The molecule has 1 amide bonds. The van der Waals surface area contributed by atoms with Crippen molar-refractivity contribution in [3.63, 3.8) is 0 Å². The molecule has 8 nitrogen and oxygen atoms in total. The van der Waals surface area contributed by atoms with Gasteiger partial charge in [0.1, 0.15) is 5.82 Å². The van der Waals surface area contributed by atoms with Crippen LogP contribution in [0.2, 0.25) is 0 Å². The summed E-state index contributed by atoms with van der Waals surface area (Å²) in [4.78, 5) is 16.2. The Morgan fingerprint density at radius 2 is 2.07 bits per heavy atom. The number of benzene rings is 1. The highest BCUT2D eigenvalue weighted by Gasteiger charge is 2.35. The van der Waals surface area contributed by atoms with Gasteiger partial charge in [-0.05, 0) is 37.0 Å². The Morgan fingerprint density at radius 3 is 2.79 bits per heavy atom. The van der Waals surface area contributed by atoms with Crippen LogP contribution in [0.15, 0.2) is 28.8 Å². The Kier molecular flexibility index (Phi) is 6.40. The highest BCUT2D eigenvalue weighted by atomic mass is 32.2. The first-order valence-corrected chi connectivity index (χ1v) is 11.0. The summed E-state index contributed by atoms with van der Waals surface area (Å²) in [7, 11) is -3.33. The average molecular weight is 410 g/mol. The molecule has 1 aliphatic rings. The van der Waals surface area contributed by atoms with Crippen molar-refractivity contribution in [2.45, 2.75) is 38.1 Å². The van der Waals surface area contributed by atoms with Crippen molar-refractivity contribution >= 4 is 15.9 Å². The number of sulfonamides is 1. The van der Waals surface area contributed by atoms with Gasteiger partial charge in [0.2, 0.25) is 21.8 Å². The molecule has 1 aliphatic heterocycles. The number of hydrogen-bond donors (Lipinski definition) is 1. The lowest BCUT2D eigenvalue weighted by Crippen LogP contribution is -2.30. The first-order valence-electron chi connectivity index (χ1n) is 9.13. The van der Waals surface area contributed by atoms with E-state index in [2.05, 4.69) is 15.5 Å². The van der Waals surface area contributed by atoms with E-state index in [0.717, 1.165) is 12.0 Å². The average Bonchev–Trinajstić information content (AvgIpc) is 3.30. The minimum Gasteiger partial charge on any atom is -0.356 e. The standard InChI is InChI=1S/C18H23FN4O4S/c1-28(25,26)23-12-2-3-15(23)18-21-17(27-22-18)9-8-16(24)20-11-10-13-4-6-14(19)7-5-13/h4-7,15H,2-3,8-12H2,1H3,(H,20,24). The number of amides is 1. The number of rotatable bonds is 8. The second-order valence-corrected chi connectivity index (χ2v) is 8.74. The van der Waals surface area contributed by atoms with Gasteiger partial charge >= 0.3 is 0 Å². The molecule has 0 bridgehead atoms. The molecule has 1 N–H and O–H groups in total. The van der Waals surface area contributed by atoms with E-state index in [1.54, 1.807) is 12.1 Å². The van der Waals surface area contributed by atoms with Gasteiger partial charge in [0.25, 0.3) is 0 Å². The van der Waals surface area contributed by atoms with E-state index < -0.39 is 16.1 Å². The molecule has 1 saturated heterocycles. The number of carbonyl (C=O) groups excluding carboxylic acids is 1. The van der Waals surface area contributed by atoms with Gasteiger partial charge in [-0.1, -0.05) is 17.3 Å². The second-order valence-electron chi connectivity index (χ2n) is 6.80. The Morgan fingerprint density at radius 1 is 1.32 bits per heavy atom. The summed E-state index contributed by atoms with van der Waals surface area (Å²) in [6.45, 7) is 0.898. The lowest BCUT2D eigenvalue weighted by Gasteiger charge is -2.18. The Labute approximate surface area is 163 Å². The van der Waals surface area contributed by atoms with Crippen LogP contribution in [0.3, 0.4) is 0 Å². The molecule has 1 aromatic heterocycles. The molecule has 28 heavy (non-hydrogen) atoms. The van der Waals surface area contributed by atoms with E-state index in [4.69, 9.17) is 4.52 Å². The molecule has 2 aromatic rings. The third-order valence-corrected chi connectivity index (χ3v) is 5.92. The molecule has 1 unspecified atom stereocenters. The smallest absolute Gasteiger partial charge is 0.227 e. The molecule has 0 saturated carbocycles. The zero-order valence-corrected chi connectivity index (χ0v) is 16.4. The molecule has 0 aliphatic carbocycles. The van der Waals surface area contributed by atoms with Crippen molar-refractivity contribution < 1.29 is 22.1 Å². The van der Waals surface area contributed by atoms with Gasteiger partial charge in [-0.25, -0.2) is 12.8 Å². The van der Waals surface area contributed by atoms with Gasteiger partial charge in [-0.2, -0.15) is 9.29 Å². The molecular weight excluding hydrogens is 387 g/mol. The number of nitrogens with one attached hydrogen (secondary N) is 1. The molecule has 2 heterocycles. The fourth-order valence-corrected chi connectivity index (χ4v) is 4.33. The molecule has 0 radical (unpaired) electrons. The van der Waals surface area contributed by atoms with Crippen LogP contribution >= 0.6 is 0 Å². The van der Waals surface area contributed by atoms with Crippen molar-refractivity contribution in [1.82, 2.24) is 19.8 Å². The largest absolute Gasteiger partial charge is 0.356 e. The maximum atomic E-state index is 12.9. The minimum atomic E-state index is -3.33. The predicted molar refractivity (Wildman–Crippen MR) is 99.3 cm³/mol. The first-order chi connectivity index (χ1) is 13.3. The molecule has 1 fully saturated rings. The summed E-state index contributed by atoms with van der Waals surface area (Å²) in [6.07, 6.45) is 3.64. The molecule has 1 aromatic carbocycles. The van der Waals surface area contributed by atoms with Crippen LogP contribution in [0.5, 0.6) is 0 Å². The Bertz CT molecular complexity index is 914. The summed E-state index contributed by atoms with van der Waals surface area (Å²) >= 11 is 0. The van der Waals surface area contributed by atoms with Crippen LogP contribution in [-0.4, -0.2) is 48.1 Å². The second kappa shape index (κ2) is 8.78. The van der Waals surface area contributed by atoms with Gasteiger partial charge in [0, 0.05) is 25.9 Å². The molecule has 3 rings (SSSR count). The fourth-order valence-electron chi connectivity index (χ4n) is 3.21. The van der Waals surface area contributed by atoms with Gasteiger partial charge in [-0.3, -0.25) is 4.79 Å². The maximum Gasteiger partial charge on any atom is 0.227 e. The van der Waals surface area contributed by atoms with Crippen LogP contribution < -0.4 is 5.32 Å². The van der Waals surface area contributed by atoms with Crippen molar-refractivity contribution in [2.24, 2.45) is 0 Å². The molecule has 0 spiro atoms. The number of aryl methyl sites for hydroxylation is 1. The number of hydrogen-bond acceptors (Lipinski definition) is 6. The molecular formula is C18H23FN4O4S. The summed E-state index contributed by atoms with van der Waals surface area (Å²) < 4.78 is 43.1. The summed E-state index contributed by atoms with van der Waals surface area (Å²) in [5.41, 5.74) is 0.940. The van der Waals surface area contributed by atoms with Crippen molar-refractivity contribution in [1.29, 1.82) is 0 Å². The lowest BCUT2D eigenvalue weighted by atomic mass is 10.1. The topological polar surface area (TPSA) is 105 Å². The highest BCUT2D eigenvalue weighted by molar-refractivity contribution is 7.88. The summed E-state index contributed by atoms with van der Waals surface area (Å²) in [6, 6.07) is 5.74. The molecule has 152 valence electrons. The molecule has 10 heteroatoms. The van der Waals surface area contributed by atoms with Crippen molar-refractivity contribution in [3.8, 4) is 0 Å². The minimum absolute atomic E-state index is 0.152. The van der Waals surface area contributed by atoms with Gasteiger partial charge < -0.3 is 9.84 Å². The predicted octanol–water partition coefficient (Wildman–Crippen LogP) is 1.60. The van der Waals surface area contributed by atoms with E-state index >= 15 is 0 Å². The van der Waals surface area contributed by atoms with Crippen molar-refractivity contribution in [3.05, 3.63) is 47.4 Å². The zero-order chi connectivity index (χ0) is 20.1. The van der Waals surface area contributed by atoms with Gasteiger partial charge in [-0.15, -0.1) is 0 Å². The summed E-state index contributed by atoms with van der Waals surface area (Å²) in [5.74, 6) is 0.211. The van der Waals surface area contributed by atoms with Crippen molar-refractivity contribution in [2.75, 3.05) is 19.3 Å². The zero-order valence-electron chi connectivity index (χ0n) is 15.6. The van der Waals surface area contributed by atoms with Crippen LogP contribution in [0.25, 0.3) is 0 Å². The quantitative estimate of drug-likeness (QED) is 0.709. The first kappa shape index (κ1) is 20.4. The van der Waals surface area contributed by atoms with E-state index in [1.807, 2.05) is 0 Å². The maximum absolute atomic E-state index is 12.9. The fraction of sp³-hybridized carbons (Fsp3) is 0.500. The van der Waals surface area contributed by atoms with Crippen LogP contribution in [0.4, 0.5) is 4.39 Å².